The molecule has 136 valence electrons. The summed E-state index contributed by atoms with van der Waals surface area (Å²) in [6, 6.07) is 0.570. The summed E-state index contributed by atoms with van der Waals surface area (Å²) in [7, 11) is 0. The highest BCUT2D eigenvalue weighted by atomic mass is 127. The van der Waals surface area contributed by atoms with Crippen molar-refractivity contribution in [3.05, 3.63) is 0 Å². The van der Waals surface area contributed by atoms with Crippen LogP contribution < -0.4 is 10.6 Å². The summed E-state index contributed by atoms with van der Waals surface area (Å²) >= 11 is 2.04. The normalized spacial score (nSPS) is 24.1. The third-order valence-corrected chi connectivity index (χ3v) is 5.52. The van der Waals surface area contributed by atoms with E-state index in [1.807, 2.05) is 11.8 Å². The number of piperidine rings is 1. The minimum absolute atomic E-state index is 0. The third kappa shape index (κ3) is 8.79. The highest BCUT2D eigenvalue weighted by Crippen LogP contribution is 2.16. The van der Waals surface area contributed by atoms with Crippen molar-refractivity contribution in [3.8, 4) is 0 Å². The Morgan fingerprint density at radius 2 is 2.09 bits per heavy atom. The van der Waals surface area contributed by atoms with Crippen LogP contribution in [0.4, 0.5) is 0 Å². The van der Waals surface area contributed by atoms with E-state index in [0.717, 1.165) is 57.9 Å². The maximum Gasteiger partial charge on any atom is 0.191 e. The lowest BCUT2D eigenvalue weighted by Gasteiger charge is -2.29. The van der Waals surface area contributed by atoms with Gasteiger partial charge in [0.05, 0.1) is 6.10 Å². The molecule has 0 bridgehead atoms. The molecular weight excluding hydrogens is 423 g/mol. The molecule has 2 rings (SSSR count). The number of aliphatic hydroxyl groups is 1. The van der Waals surface area contributed by atoms with E-state index >= 15 is 0 Å². The summed E-state index contributed by atoms with van der Waals surface area (Å²) in [6.07, 6.45) is 5.43. The second-order valence-electron chi connectivity index (χ2n) is 6.25. The molecule has 0 amide bonds. The summed E-state index contributed by atoms with van der Waals surface area (Å²) < 4.78 is 0. The third-order valence-electron chi connectivity index (χ3n) is 4.30. The van der Waals surface area contributed by atoms with Gasteiger partial charge >= 0.3 is 0 Å². The molecular formula is C16H33IN4OS. The van der Waals surface area contributed by atoms with E-state index in [1.165, 1.54) is 24.3 Å². The molecule has 3 N–H and O–H groups in total. The maximum absolute atomic E-state index is 9.52. The van der Waals surface area contributed by atoms with E-state index in [4.69, 9.17) is 4.99 Å². The Kier molecular flexibility index (Phi) is 11.7. The molecule has 0 spiro atoms. The fourth-order valence-corrected chi connectivity index (χ4v) is 4.07. The number of rotatable bonds is 6. The molecule has 23 heavy (non-hydrogen) atoms. The van der Waals surface area contributed by atoms with Crippen molar-refractivity contribution in [2.75, 3.05) is 44.2 Å². The first-order valence-corrected chi connectivity index (χ1v) is 9.96. The number of nitrogens with one attached hydrogen (secondary N) is 2. The summed E-state index contributed by atoms with van der Waals surface area (Å²) in [5.74, 6) is 3.47. The fourth-order valence-electron chi connectivity index (χ4n) is 3.00. The topological polar surface area (TPSA) is 59.9 Å². The summed E-state index contributed by atoms with van der Waals surface area (Å²) in [5, 5.41) is 16.4. The van der Waals surface area contributed by atoms with Gasteiger partial charge in [0.25, 0.3) is 0 Å². The van der Waals surface area contributed by atoms with Gasteiger partial charge in [-0.25, -0.2) is 0 Å². The molecule has 0 radical (unpaired) electrons. The molecule has 2 fully saturated rings. The van der Waals surface area contributed by atoms with Gasteiger partial charge in [0, 0.05) is 38.0 Å². The fraction of sp³-hybridized carbons (Fsp3) is 0.938. The standard InChI is InChI=1S/C16H32N4OS.HI/c1-2-17-16(19-14-5-3-12-22-13-14)18-8-4-9-20-10-6-15(21)7-11-20;/h14-15,21H,2-13H2,1H3,(H2,17,18,19);1H. The Morgan fingerprint density at radius 3 is 2.74 bits per heavy atom. The van der Waals surface area contributed by atoms with Gasteiger partial charge in [0.15, 0.2) is 5.96 Å². The van der Waals surface area contributed by atoms with Crippen molar-refractivity contribution in [3.63, 3.8) is 0 Å². The first-order valence-electron chi connectivity index (χ1n) is 8.81. The van der Waals surface area contributed by atoms with Crippen LogP contribution in [0.5, 0.6) is 0 Å². The molecule has 2 heterocycles. The van der Waals surface area contributed by atoms with E-state index < -0.39 is 0 Å². The van der Waals surface area contributed by atoms with Gasteiger partial charge in [0.2, 0.25) is 0 Å². The SMILES string of the molecule is CCNC(=NCCCN1CCC(O)CC1)NC1CCCSC1.I. The Bertz CT molecular complexity index is 332. The van der Waals surface area contributed by atoms with E-state index in [-0.39, 0.29) is 30.1 Å². The van der Waals surface area contributed by atoms with Crippen LogP contribution in [-0.4, -0.2) is 72.3 Å². The molecule has 7 heteroatoms. The molecule has 2 aliphatic heterocycles. The van der Waals surface area contributed by atoms with E-state index in [1.54, 1.807) is 0 Å². The van der Waals surface area contributed by atoms with Gasteiger partial charge in [-0.2, -0.15) is 11.8 Å². The van der Waals surface area contributed by atoms with Crippen molar-refractivity contribution in [1.29, 1.82) is 0 Å². The van der Waals surface area contributed by atoms with Crippen molar-refractivity contribution in [2.24, 2.45) is 4.99 Å². The molecule has 2 saturated heterocycles. The van der Waals surface area contributed by atoms with Crippen LogP contribution in [0.25, 0.3) is 0 Å². The second-order valence-corrected chi connectivity index (χ2v) is 7.40. The van der Waals surface area contributed by atoms with Crippen molar-refractivity contribution in [1.82, 2.24) is 15.5 Å². The molecule has 0 aliphatic carbocycles. The number of aliphatic imine (C=N–C) groups is 1. The molecule has 0 aromatic carbocycles. The van der Waals surface area contributed by atoms with Crippen LogP contribution in [0.2, 0.25) is 0 Å². The number of hydrogen-bond acceptors (Lipinski definition) is 4. The zero-order valence-corrected chi connectivity index (χ0v) is 17.4. The van der Waals surface area contributed by atoms with Crippen molar-refractivity contribution < 1.29 is 5.11 Å². The maximum atomic E-state index is 9.52. The number of hydrogen-bond donors (Lipinski definition) is 3. The minimum Gasteiger partial charge on any atom is -0.393 e. The monoisotopic (exact) mass is 456 g/mol. The van der Waals surface area contributed by atoms with E-state index in [9.17, 15) is 5.11 Å². The zero-order valence-electron chi connectivity index (χ0n) is 14.3. The molecule has 1 atom stereocenters. The number of nitrogens with zero attached hydrogens (tertiary/aromatic N) is 2. The van der Waals surface area contributed by atoms with Gasteiger partial charge in [-0.15, -0.1) is 24.0 Å². The molecule has 1 unspecified atom stereocenters. The predicted octanol–water partition coefficient (Wildman–Crippen LogP) is 1.90. The smallest absolute Gasteiger partial charge is 0.191 e. The number of thioether (sulfide) groups is 1. The summed E-state index contributed by atoms with van der Waals surface area (Å²) in [6.45, 7) is 7.05. The molecule has 5 nitrogen and oxygen atoms in total. The number of aliphatic hydroxyl groups excluding tert-OH is 1. The van der Waals surface area contributed by atoms with Crippen LogP contribution in [0, 0.1) is 0 Å². The van der Waals surface area contributed by atoms with Crippen molar-refractivity contribution in [2.45, 2.75) is 51.2 Å². The molecule has 0 saturated carbocycles. The van der Waals surface area contributed by atoms with E-state index in [2.05, 4.69) is 22.5 Å². The van der Waals surface area contributed by atoms with Gasteiger partial charge in [-0.1, -0.05) is 0 Å². The van der Waals surface area contributed by atoms with Crippen LogP contribution in [0.1, 0.15) is 39.0 Å². The first kappa shape index (κ1) is 21.3. The molecule has 0 aromatic heterocycles. The zero-order chi connectivity index (χ0) is 15.6. The van der Waals surface area contributed by atoms with Crippen LogP contribution in [-0.2, 0) is 0 Å². The Morgan fingerprint density at radius 1 is 1.30 bits per heavy atom. The van der Waals surface area contributed by atoms with Crippen LogP contribution in [0.3, 0.4) is 0 Å². The largest absolute Gasteiger partial charge is 0.393 e. The molecule has 0 aromatic rings. The Hall–Kier alpha value is 0.270. The number of guanidine groups is 1. The number of likely N-dealkylation sites (tertiary alicyclic amines) is 1. The van der Waals surface area contributed by atoms with Crippen LogP contribution in [0.15, 0.2) is 4.99 Å². The minimum atomic E-state index is -0.0767. The molecule has 2 aliphatic rings. The quantitative estimate of drug-likeness (QED) is 0.247. The lowest BCUT2D eigenvalue weighted by atomic mass is 10.1. The van der Waals surface area contributed by atoms with Gasteiger partial charge in [-0.05, 0) is 51.3 Å². The van der Waals surface area contributed by atoms with E-state index in [0.29, 0.717) is 6.04 Å². The predicted molar refractivity (Wildman–Crippen MR) is 111 cm³/mol. The van der Waals surface area contributed by atoms with Crippen molar-refractivity contribution >= 4 is 41.7 Å². The second kappa shape index (κ2) is 12.6. The Balaban J connectivity index is 0.00000264. The average Bonchev–Trinajstić information content (AvgIpc) is 2.54. The van der Waals surface area contributed by atoms with Gasteiger partial charge < -0.3 is 20.6 Å². The average molecular weight is 456 g/mol. The van der Waals surface area contributed by atoms with Gasteiger partial charge in [-0.3, -0.25) is 4.99 Å². The highest BCUT2D eigenvalue weighted by Gasteiger charge is 2.16. The first-order chi connectivity index (χ1) is 10.8. The van der Waals surface area contributed by atoms with Gasteiger partial charge in [0.1, 0.15) is 0 Å². The highest BCUT2D eigenvalue weighted by molar-refractivity contribution is 14.0. The Labute approximate surface area is 162 Å². The lowest BCUT2D eigenvalue weighted by Crippen LogP contribution is -2.45. The van der Waals surface area contributed by atoms with Crippen LogP contribution >= 0.6 is 35.7 Å². The summed E-state index contributed by atoms with van der Waals surface area (Å²) in [4.78, 5) is 7.16. The number of halogens is 1. The summed E-state index contributed by atoms with van der Waals surface area (Å²) in [5.41, 5.74) is 0. The lowest BCUT2D eigenvalue weighted by molar-refractivity contribution is 0.0824.